The van der Waals surface area contributed by atoms with E-state index >= 15 is 0 Å². The molecule has 126 valence electrons. The third kappa shape index (κ3) is 4.94. The van der Waals surface area contributed by atoms with E-state index in [2.05, 4.69) is 4.72 Å². The van der Waals surface area contributed by atoms with Gasteiger partial charge in [-0.25, -0.2) is 13.1 Å². The molecule has 0 spiro atoms. The summed E-state index contributed by atoms with van der Waals surface area (Å²) in [5.41, 5.74) is 7.53. The van der Waals surface area contributed by atoms with Crippen molar-refractivity contribution in [2.45, 2.75) is 17.9 Å². The number of hydrogen-bond acceptors (Lipinski definition) is 4. The molecule has 1 atom stereocenters. The maximum Gasteiger partial charge on any atom is 0.240 e. The molecule has 0 aliphatic carbocycles. The molecule has 0 saturated carbocycles. The van der Waals surface area contributed by atoms with Gasteiger partial charge in [0.2, 0.25) is 10.0 Å². The molecule has 2 aromatic carbocycles. The van der Waals surface area contributed by atoms with Crippen LogP contribution in [0.25, 0.3) is 0 Å². The molecule has 2 aromatic rings. The zero-order chi connectivity index (χ0) is 16.2. The van der Waals surface area contributed by atoms with Gasteiger partial charge >= 0.3 is 0 Å². The molecular weight excluding hydrogens is 336 g/mol. The van der Waals surface area contributed by atoms with Crippen LogP contribution in [-0.4, -0.2) is 22.1 Å². The fourth-order valence-corrected chi connectivity index (χ4v) is 3.43. The van der Waals surface area contributed by atoms with Gasteiger partial charge in [-0.05, 0) is 36.2 Å². The number of ether oxygens (including phenoxy) is 1. The Balaban J connectivity index is 0.00000264. The topological polar surface area (TPSA) is 81.4 Å². The van der Waals surface area contributed by atoms with Crippen LogP contribution >= 0.6 is 12.4 Å². The molecule has 0 fully saturated rings. The van der Waals surface area contributed by atoms with Gasteiger partial charge in [-0.1, -0.05) is 30.3 Å². The summed E-state index contributed by atoms with van der Waals surface area (Å²) in [7, 11) is -2.06. The normalized spacial score (nSPS) is 12.3. The highest BCUT2D eigenvalue weighted by molar-refractivity contribution is 7.89. The zero-order valence-electron chi connectivity index (χ0n) is 13.0. The first-order chi connectivity index (χ1) is 10.4. The Labute approximate surface area is 143 Å². The van der Waals surface area contributed by atoms with Crippen LogP contribution < -0.4 is 15.2 Å². The highest BCUT2D eigenvalue weighted by Crippen LogP contribution is 2.21. The average molecular weight is 357 g/mol. The summed E-state index contributed by atoms with van der Waals surface area (Å²) >= 11 is 0. The first kappa shape index (κ1) is 19.4. The minimum Gasteiger partial charge on any atom is -0.497 e. The number of nitrogens with one attached hydrogen (secondary N) is 1. The van der Waals surface area contributed by atoms with Crippen LogP contribution in [0.3, 0.4) is 0 Å². The van der Waals surface area contributed by atoms with Crippen molar-refractivity contribution >= 4 is 22.4 Å². The lowest BCUT2D eigenvalue weighted by atomic mass is 10.1. The summed E-state index contributed by atoms with van der Waals surface area (Å²) in [5.74, 6) is 0.623. The van der Waals surface area contributed by atoms with Gasteiger partial charge in [-0.3, -0.25) is 0 Å². The second-order valence-electron chi connectivity index (χ2n) is 5.00. The molecule has 7 heteroatoms. The van der Waals surface area contributed by atoms with Gasteiger partial charge in [0.15, 0.2) is 0 Å². The largest absolute Gasteiger partial charge is 0.497 e. The summed E-state index contributed by atoms with van der Waals surface area (Å²) in [6.07, 6.45) is 0. The number of nitrogens with two attached hydrogens (primary N) is 1. The van der Waals surface area contributed by atoms with Crippen LogP contribution in [0.1, 0.15) is 17.2 Å². The van der Waals surface area contributed by atoms with Crippen LogP contribution in [0.4, 0.5) is 0 Å². The van der Waals surface area contributed by atoms with E-state index < -0.39 is 16.1 Å². The highest BCUT2D eigenvalue weighted by Gasteiger charge is 2.18. The van der Waals surface area contributed by atoms with Gasteiger partial charge in [-0.2, -0.15) is 0 Å². The highest BCUT2D eigenvalue weighted by atomic mass is 35.5. The first-order valence-electron chi connectivity index (χ1n) is 6.89. The smallest absolute Gasteiger partial charge is 0.240 e. The predicted octanol–water partition coefficient (Wildman–Crippen LogP) is 2.40. The third-order valence-corrected chi connectivity index (χ3v) is 4.98. The monoisotopic (exact) mass is 356 g/mol. The lowest BCUT2D eigenvalue weighted by Crippen LogP contribution is -2.32. The SMILES string of the molecule is COc1ccc(S(=O)(=O)NCC(N)c2ccccc2)c(C)c1.Cl. The summed E-state index contributed by atoms with van der Waals surface area (Å²) in [6.45, 7) is 1.87. The van der Waals surface area contributed by atoms with Crippen LogP contribution in [0, 0.1) is 6.92 Å². The average Bonchev–Trinajstić information content (AvgIpc) is 2.53. The van der Waals surface area contributed by atoms with Crippen molar-refractivity contribution in [3.8, 4) is 5.75 Å². The number of methoxy groups -OCH3 is 1. The molecule has 0 heterocycles. The lowest BCUT2D eigenvalue weighted by molar-refractivity contribution is 0.414. The van der Waals surface area contributed by atoms with Crippen molar-refractivity contribution in [3.63, 3.8) is 0 Å². The van der Waals surface area contributed by atoms with Crippen LogP contribution in [0.5, 0.6) is 5.75 Å². The Morgan fingerprint density at radius 2 is 1.83 bits per heavy atom. The van der Waals surface area contributed by atoms with Gasteiger partial charge < -0.3 is 10.5 Å². The minimum absolute atomic E-state index is 0. The molecule has 0 aliphatic heterocycles. The number of rotatable bonds is 6. The van der Waals surface area contributed by atoms with E-state index in [4.69, 9.17) is 10.5 Å². The van der Waals surface area contributed by atoms with Crippen molar-refractivity contribution in [2.75, 3.05) is 13.7 Å². The van der Waals surface area contributed by atoms with Crippen molar-refractivity contribution < 1.29 is 13.2 Å². The number of hydrogen-bond donors (Lipinski definition) is 2. The summed E-state index contributed by atoms with van der Waals surface area (Å²) in [5, 5.41) is 0. The number of sulfonamides is 1. The first-order valence-corrected chi connectivity index (χ1v) is 8.37. The molecule has 2 rings (SSSR count). The molecule has 0 aromatic heterocycles. The van der Waals surface area contributed by atoms with E-state index in [0.717, 1.165) is 5.56 Å². The molecule has 0 saturated heterocycles. The molecular formula is C16H21ClN2O3S. The van der Waals surface area contributed by atoms with Crippen LogP contribution in [0.2, 0.25) is 0 Å². The van der Waals surface area contributed by atoms with E-state index in [1.165, 1.54) is 6.07 Å². The fraction of sp³-hybridized carbons (Fsp3) is 0.250. The van der Waals surface area contributed by atoms with E-state index in [1.807, 2.05) is 30.3 Å². The third-order valence-electron chi connectivity index (χ3n) is 3.39. The molecule has 0 amide bonds. The van der Waals surface area contributed by atoms with E-state index in [9.17, 15) is 8.42 Å². The predicted molar refractivity (Wildman–Crippen MR) is 93.5 cm³/mol. The van der Waals surface area contributed by atoms with Gasteiger partial charge in [0.1, 0.15) is 5.75 Å². The summed E-state index contributed by atoms with van der Waals surface area (Å²) in [4.78, 5) is 0.230. The standard InChI is InChI=1S/C16H20N2O3S.ClH/c1-12-10-14(21-2)8-9-16(12)22(19,20)18-11-15(17)13-6-4-3-5-7-13;/h3-10,15,18H,11,17H2,1-2H3;1H. The molecule has 0 radical (unpaired) electrons. The van der Waals surface area contributed by atoms with Gasteiger partial charge in [-0.15, -0.1) is 12.4 Å². The zero-order valence-corrected chi connectivity index (χ0v) is 14.7. The van der Waals surface area contributed by atoms with Crippen molar-refractivity contribution in [3.05, 3.63) is 59.7 Å². The number of benzene rings is 2. The van der Waals surface area contributed by atoms with Crippen molar-refractivity contribution in [1.82, 2.24) is 4.72 Å². The van der Waals surface area contributed by atoms with Crippen molar-refractivity contribution in [1.29, 1.82) is 0 Å². The summed E-state index contributed by atoms with van der Waals surface area (Å²) in [6, 6.07) is 13.8. The Hall–Kier alpha value is -1.60. The lowest BCUT2D eigenvalue weighted by Gasteiger charge is -2.15. The molecule has 0 bridgehead atoms. The molecule has 5 nitrogen and oxygen atoms in total. The number of halogens is 1. The van der Waals surface area contributed by atoms with Gasteiger partial charge in [0, 0.05) is 12.6 Å². The van der Waals surface area contributed by atoms with E-state index in [1.54, 1.807) is 26.2 Å². The second-order valence-corrected chi connectivity index (χ2v) is 6.74. The maximum absolute atomic E-state index is 12.4. The molecule has 3 N–H and O–H groups in total. The van der Waals surface area contributed by atoms with Gasteiger partial charge in [0.05, 0.1) is 12.0 Å². The quantitative estimate of drug-likeness (QED) is 0.832. The van der Waals surface area contributed by atoms with Gasteiger partial charge in [0.25, 0.3) is 0 Å². The Bertz CT molecular complexity index is 736. The van der Waals surface area contributed by atoms with E-state index in [0.29, 0.717) is 11.3 Å². The van der Waals surface area contributed by atoms with E-state index in [-0.39, 0.29) is 23.8 Å². The molecule has 0 aliphatic rings. The molecule has 1 unspecified atom stereocenters. The second kappa shape index (κ2) is 8.31. The van der Waals surface area contributed by atoms with Crippen LogP contribution in [0.15, 0.2) is 53.4 Å². The Kier molecular flexibility index (Phi) is 7.02. The minimum atomic E-state index is -3.60. The van der Waals surface area contributed by atoms with Crippen LogP contribution in [-0.2, 0) is 10.0 Å². The fourth-order valence-electron chi connectivity index (χ4n) is 2.15. The Morgan fingerprint density at radius 3 is 2.39 bits per heavy atom. The number of aryl methyl sites for hydroxylation is 1. The van der Waals surface area contributed by atoms with Crippen molar-refractivity contribution in [2.24, 2.45) is 5.73 Å². The summed E-state index contributed by atoms with van der Waals surface area (Å²) < 4.78 is 32.4. The Morgan fingerprint density at radius 1 is 1.17 bits per heavy atom. The maximum atomic E-state index is 12.4. The molecule has 23 heavy (non-hydrogen) atoms.